The summed E-state index contributed by atoms with van der Waals surface area (Å²) in [6, 6.07) is 9.76. The third kappa shape index (κ3) is 4.69. The van der Waals surface area contributed by atoms with Crippen LogP contribution in [-0.2, 0) is 22.5 Å². The zero-order chi connectivity index (χ0) is 21.2. The van der Waals surface area contributed by atoms with Gasteiger partial charge in [-0.2, -0.15) is 0 Å². The molecular weight excluding hydrogens is 503 g/mol. The first-order chi connectivity index (χ1) is 13.8. The molecule has 1 aromatic carbocycles. The molecule has 0 radical (unpaired) electrons. The lowest BCUT2D eigenvalue weighted by molar-refractivity contribution is -0.153. The highest BCUT2D eigenvalue weighted by molar-refractivity contribution is 14.1. The summed E-state index contributed by atoms with van der Waals surface area (Å²) in [5.74, 6) is 0.500. The van der Waals surface area contributed by atoms with Crippen molar-refractivity contribution in [1.82, 2.24) is 9.55 Å². The van der Waals surface area contributed by atoms with E-state index in [2.05, 4.69) is 32.1 Å². The van der Waals surface area contributed by atoms with E-state index < -0.39 is 5.41 Å². The Balaban J connectivity index is 2.11. The second-order valence-electron chi connectivity index (χ2n) is 7.50. The van der Waals surface area contributed by atoms with Crippen LogP contribution in [0.25, 0.3) is 11.0 Å². The molecule has 2 heterocycles. The van der Waals surface area contributed by atoms with Crippen LogP contribution >= 0.6 is 34.2 Å². The van der Waals surface area contributed by atoms with Gasteiger partial charge >= 0.3 is 5.97 Å². The van der Waals surface area contributed by atoms with Crippen LogP contribution in [0.15, 0.2) is 36.5 Å². The smallest absolute Gasteiger partial charge is 0.311 e. The van der Waals surface area contributed by atoms with Crippen LogP contribution in [0.5, 0.6) is 5.75 Å². The highest BCUT2D eigenvalue weighted by Gasteiger charge is 2.32. The molecule has 0 spiro atoms. The Morgan fingerprint density at radius 1 is 1.28 bits per heavy atom. The van der Waals surface area contributed by atoms with Crippen LogP contribution in [0.1, 0.15) is 32.0 Å². The number of hydrogen-bond donors (Lipinski definition) is 0. The number of rotatable bonds is 7. The van der Waals surface area contributed by atoms with Crippen molar-refractivity contribution >= 4 is 51.2 Å². The Morgan fingerprint density at radius 3 is 2.59 bits per heavy atom. The number of carbonyl (C=O) groups excluding carboxylic acids is 1. The minimum absolute atomic E-state index is 0.204. The summed E-state index contributed by atoms with van der Waals surface area (Å²) in [6.07, 6.45) is 2.26. The zero-order valence-electron chi connectivity index (χ0n) is 17.0. The summed E-state index contributed by atoms with van der Waals surface area (Å²) in [5.41, 5.74) is 2.36. The van der Waals surface area contributed by atoms with E-state index in [0.717, 1.165) is 25.9 Å². The van der Waals surface area contributed by atoms with Crippen LogP contribution in [0.2, 0.25) is 5.02 Å². The third-order valence-corrected chi connectivity index (χ3v) is 6.30. The Labute approximate surface area is 189 Å². The molecule has 0 fully saturated rings. The molecule has 0 aliphatic rings. The highest BCUT2D eigenvalue weighted by Crippen LogP contribution is 2.34. The number of benzene rings is 1. The van der Waals surface area contributed by atoms with Crippen LogP contribution in [0, 0.1) is 8.99 Å². The molecule has 0 saturated carbocycles. The molecule has 3 aromatic rings. The number of fused-ring (bicyclic) bond motifs is 1. The van der Waals surface area contributed by atoms with Crippen molar-refractivity contribution < 1.29 is 14.3 Å². The first-order valence-corrected chi connectivity index (χ1v) is 10.8. The number of hydrogen-bond acceptors (Lipinski definition) is 4. The summed E-state index contributed by atoms with van der Waals surface area (Å²) in [4.78, 5) is 17.2. The van der Waals surface area contributed by atoms with Crippen molar-refractivity contribution in [3.8, 4) is 5.75 Å². The molecule has 0 N–H and O–H groups in total. The molecular formula is C22H24ClIN2O3. The minimum Gasteiger partial charge on any atom is -0.495 e. The Hall–Kier alpha value is -1.80. The first kappa shape index (κ1) is 21.9. The number of methoxy groups -OCH3 is 1. The fraction of sp³-hybridized carbons (Fsp3) is 0.364. The Morgan fingerprint density at radius 2 is 1.97 bits per heavy atom. The molecule has 0 amide bonds. The molecule has 0 aliphatic carbocycles. The van der Waals surface area contributed by atoms with Gasteiger partial charge in [-0.3, -0.25) is 4.79 Å². The number of esters is 1. The second kappa shape index (κ2) is 8.92. The molecule has 5 nitrogen and oxygen atoms in total. The van der Waals surface area contributed by atoms with Gasteiger partial charge < -0.3 is 14.0 Å². The van der Waals surface area contributed by atoms with Crippen LogP contribution in [0.3, 0.4) is 0 Å². The fourth-order valence-electron chi connectivity index (χ4n) is 3.26. The van der Waals surface area contributed by atoms with Crippen LogP contribution in [-0.4, -0.2) is 29.2 Å². The van der Waals surface area contributed by atoms with Crippen molar-refractivity contribution in [2.75, 3.05) is 13.7 Å². The number of carbonyl (C=O) groups is 1. The van der Waals surface area contributed by atoms with E-state index in [1.54, 1.807) is 13.3 Å². The molecule has 7 heteroatoms. The lowest BCUT2D eigenvalue weighted by Crippen LogP contribution is -2.30. The maximum Gasteiger partial charge on any atom is 0.311 e. The summed E-state index contributed by atoms with van der Waals surface area (Å²) in [7, 11) is 1.63. The number of aromatic nitrogens is 2. The van der Waals surface area contributed by atoms with E-state index in [4.69, 9.17) is 21.1 Å². The van der Waals surface area contributed by atoms with Gasteiger partial charge in [0.05, 0.1) is 25.3 Å². The third-order valence-electron chi connectivity index (χ3n) is 4.84. The van der Waals surface area contributed by atoms with Crippen molar-refractivity contribution in [1.29, 1.82) is 0 Å². The van der Waals surface area contributed by atoms with Crippen molar-refractivity contribution in [2.45, 2.75) is 33.7 Å². The van der Waals surface area contributed by atoms with Gasteiger partial charge in [0.15, 0.2) is 0 Å². The topological polar surface area (TPSA) is 53.4 Å². The molecule has 0 atom stereocenters. The first-order valence-electron chi connectivity index (χ1n) is 9.39. The Bertz CT molecular complexity index is 1030. The largest absolute Gasteiger partial charge is 0.495 e. The summed E-state index contributed by atoms with van der Waals surface area (Å²) >= 11 is 8.38. The number of nitrogens with zero attached hydrogens (tertiary/aromatic N) is 2. The van der Waals surface area contributed by atoms with Gasteiger partial charge in [-0.1, -0.05) is 23.7 Å². The van der Waals surface area contributed by atoms with Crippen molar-refractivity contribution in [3.63, 3.8) is 0 Å². The van der Waals surface area contributed by atoms with Gasteiger partial charge in [-0.25, -0.2) is 4.98 Å². The van der Waals surface area contributed by atoms with Gasteiger partial charge in [0.1, 0.15) is 11.4 Å². The molecule has 0 unspecified atom stereocenters. The number of pyridine rings is 1. The van der Waals surface area contributed by atoms with Crippen molar-refractivity contribution in [3.05, 3.63) is 56.4 Å². The maximum atomic E-state index is 12.5. The summed E-state index contributed by atoms with van der Waals surface area (Å²) < 4.78 is 13.9. The predicted molar refractivity (Wildman–Crippen MR) is 124 cm³/mol. The van der Waals surface area contributed by atoms with E-state index in [9.17, 15) is 4.79 Å². The standard InChI is InChI=1S/C22H24ClIN2O3/c1-5-29-21(27)22(2,3)11-18-19(24)17-10-16(28-4)12-25-20(17)26(18)13-14-6-8-15(23)9-7-14/h6-10,12H,5,11,13H2,1-4H3. The molecule has 0 bridgehead atoms. The molecule has 154 valence electrons. The van der Waals surface area contributed by atoms with Gasteiger partial charge in [0, 0.05) is 32.6 Å². The molecule has 0 saturated heterocycles. The second-order valence-corrected chi connectivity index (χ2v) is 9.02. The SMILES string of the molecule is CCOC(=O)C(C)(C)Cc1c(I)c2cc(OC)cnc2n1Cc1ccc(Cl)cc1. The lowest BCUT2D eigenvalue weighted by Gasteiger charge is -2.23. The summed E-state index contributed by atoms with van der Waals surface area (Å²) in [5, 5.41) is 1.71. The van der Waals surface area contributed by atoms with Crippen LogP contribution in [0.4, 0.5) is 0 Å². The molecule has 3 rings (SSSR count). The Kier molecular flexibility index (Phi) is 6.73. The quantitative estimate of drug-likeness (QED) is 0.302. The highest BCUT2D eigenvalue weighted by atomic mass is 127. The van der Waals surface area contributed by atoms with Gasteiger partial charge in [-0.05, 0) is 67.1 Å². The van der Waals surface area contributed by atoms with E-state index in [-0.39, 0.29) is 5.97 Å². The molecule has 29 heavy (non-hydrogen) atoms. The van der Waals surface area contributed by atoms with E-state index in [1.165, 1.54) is 0 Å². The minimum atomic E-state index is -0.661. The molecule has 2 aromatic heterocycles. The molecule has 0 aliphatic heterocycles. The van der Waals surface area contributed by atoms with E-state index in [0.29, 0.717) is 30.3 Å². The lowest BCUT2D eigenvalue weighted by atomic mass is 9.88. The van der Waals surface area contributed by atoms with Crippen LogP contribution < -0.4 is 4.74 Å². The number of ether oxygens (including phenoxy) is 2. The monoisotopic (exact) mass is 526 g/mol. The average Bonchev–Trinajstić information content (AvgIpc) is 2.94. The zero-order valence-corrected chi connectivity index (χ0v) is 19.9. The average molecular weight is 527 g/mol. The fourth-order valence-corrected chi connectivity index (χ4v) is 4.27. The number of halogens is 2. The van der Waals surface area contributed by atoms with Gasteiger partial charge in [-0.15, -0.1) is 0 Å². The van der Waals surface area contributed by atoms with E-state index in [1.807, 2.05) is 51.1 Å². The van der Waals surface area contributed by atoms with Gasteiger partial charge in [0.25, 0.3) is 0 Å². The normalized spacial score (nSPS) is 11.7. The van der Waals surface area contributed by atoms with Crippen molar-refractivity contribution in [2.24, 2.45) is 5.41 Å². The maximum absolute atomic E-state index is 12.5. The predicted octanol–water partition coefficient (Wildman–Crippen LogP) is 5.48. The summed E-state index contributed by atoms with van der Waals surface area (Å²) in [6.45, 7) is 6.65. The van der Waals surface area contributed by atoms with E-state index >= 15 is 0 Å². The van der Waals surface area contributed by atoms with Gasteiger partial charge in [0.2, 0.25) is 0 Å².